The molecule has 2 amide bonds. The van der Waals surface area contributed by atoms with Crippen LogP contribution in [0.4, 0.5) is 0 Å². The minimum Gasteiger partial charge on any atom is -0.507 e. The molecule has 1 aromatic heterocycles. The van der Waals surface area contributed by atoms with Gasteiger partial charge in [-0.25, -0.2) is 5.43 Å². The first-order valence-corrected chi connectivity index (χ1v) is 6.74. The number of hydrazone groups is 1. The third-order valence-corrected chi connectivity index (χ3v) is 2.69. The zero-order valence-electron chi connectivity index (χ0n) is 12.1. The first-order valence-electron chi connectivity index (χ1n) is 6.74. The van der Waals surface area contributed by atoms with Gasteiger partial charge in [0, 0.05) is 11.6 Å². The highest BCUT2D eigenvalue weighted by atomic mass is 16.3. The van der Waals surface area contributed by atoms with Crippen molar-refractivity contribution >= 4 is 24.1 Å². The highest BCUT2D eigenvalue weighted by molar-refractivity contribution is 5.94. The Morgan fingerprint density at radius 2 is 2.04 bits per heavy atom. The normalized spacial score (nSPS) is 11.0. The molecule has 0 aliphatic carbocycles. The van der Waals surface area contributed by atoms with E-state index in [9.17, 15) is 14.7 Å². The number of para-hydroxylation sites is 1. The van der Waals surface area contributed by atoms with Gasteiger partial charge in [0.2, 0.25) is 5.91 Å². The molecule has 0 aliphatic rings. The van der Waals surface area contributed by atoms with Crippen molar-refractivity contribution in [3.8, 4) is 5.75 Å². The van der Waals surface area contributed by atoms with Crippen molar-refractivity contribution in [3.63, 3.8) is 0 Å². The molecule has 0 spiro atoms. The van der Waals surface area contributed by atoms with Crippen LogP contribution in [0.2, 0.25) is 0 Å². The summed E-state index contributed by atoms with van der Waals surface area (Å²) in [5, 5.41) is 15.6. The number of hydrogen-bond acceptors (Lipinski definition) is 5. The summed E-state index contributed by atoms with van der Waals surface area (Å²) in [6.07, 6.45) is 5.56. The maximum absolute atomic E-state index is 11.5. The van der Waals surface area contributed by atoms with E-state index in [0.717, 1.165) is 0 Å². The maximum Gasteiger partial charge on any atom is 0.259 e. The van der Waals surface area contributed by atoms with Gasteiger partial charge < -0.3 is 14.8 Å². The number of nitrogens with zero attached hydrogens (tertiary/aromatic N) is 1. The van der Waals surface area contributed by atoms with Gasteiger partial charge >= 0.3 is 0 Å². The second-order valence-corrected chi connectivity index (χ2v) is 4.42. The molecule has 23 heavy (non-hydrogen) atoms. The van der Waals surface area contributed by atoms with E-state index < -0.39 is 11.8 Å². The summed E-state index contributed by atoms with van der Waals surface area (Å²) in [4.78, 5) is 23.0. The van der Waals surface area contributed by atoms with Crippen molar-refractivity contribution in [2.45, 2.75) is 0 Å². The lowest BCUT2D eigenvalue weighted by molar-refractivity contribution is -0.123. The number of aromatic hydroxyl groups is 1. The number of hydrogen-bond donors (Lipinski definition) is 3. The molecule has 2 rings (SSSR count). The van der Waals surface area contributed by atoms with E-state index in [1.54, 1.807) is 30.3 Å². The third kappa shape index (κ3) is 5.50. The van der Waals surface area contributed by atoms with E-state index in [1.165, 1.54) is 30.7 Å². The van der Waals surface area contributed by atoms with Crippen LogP contribution in [-0.2, 0) is 9.59 Å². The van der Waals surface area contributed by atoms with Crippen molar-refractivity contribution in [1.29, 1.82) is 0 Å². The smallest absolute Gasteiger partial charge is 0.259 e. The number of carbonyl (C=O) groups is 2. The fraction of sp³-hybridized carbons (Fsp3) is 0.0625. The Kier molecular flexibility index (Phi) is 5.70. The van der Waals surface area contributed by atoms with Gasteiger partial charge in [-0.1, -0.05) is 12.1 Å². The lowest BCUT2D eigenvalue weighted by Gasteiger charge is -2.01. The van der Waals surface area contributed by atoms with E-state index in [1.807, 2.05) is 0 Å². The number of benzene rings is 1. The quantitative estimate of drug-likeness (QED) is 0.424. The van der Waals surface area contributed by atoms with Crippen LogP contribution in [0.1, 0.15) is 11.3 Å². The van der Waals surface area contributed by atoms with Crippen LogP contribution in [0.5, 0.6) is 5.75 Å². The van der Waals surface area contributed by atoms with Gasteiger partial charge in [0.1, 0.15) is 11.5 Å². The molecule has 0 bridgehead atoms. The first-order chi connectivity index (χ1) is 11.1. The third-order valence-electron chi connectivity index (χ3n) is 2.69. The summed E-state index contributed by atoms with van der Waals surface area (Å²) in [5.41, 5.74) is 2.72. The molecular weight excluding hydrogens is 298 g/mol. The summed E-state index contributed by atoms with van der Waals surface area (Å²) in [6.45, 7) is -0.223. The van der Waals surface area contributed by atoms with Gasteiger partial charge in [-0.15, -0.1) is 0 Å². The number of carbonyl (C=O) groups excluding carboxylic acids is 2. The molecule has 0 saturated carbocycles. The summed E-state index contributed by atoms with van der Waals surface area (Å²) in [5.74, 6) is -0.323. The van der Waals surface area contributed by atoms with E-state index in [2.05, 4.69) is 15.8 Å². The van der Waals surface area contributed by atoms with Crippen molar-refractivity contribution in [2.75, 3.05) is 6.54 Å². The average molecular weight is 313 g/mol. The van der Waals surface area contributed by atoms with Crippen molar-refractivity contribution in [1.82, 2.24) is 10.7 Å². The number of amides is 2. The molecule has 0 atom stereocenters. The van der Waals surface area contributed by atoms with Crippen LogP contribution in [0, 0.1) is 0 Å². The zero-order valence-corrected chi connectivity index (χ0v) is 12.1. The van der Waals surface area contributed by atoms with Gasteiger partial charge in [0.25, 0.3) is 5.91 Å². The first kappa shape index (κ1) is 16.0. The van der Waals surface area contributed by atoms with Crippen molar-refractivity contribution in [3.05, 3.63) is 60.1 Å². The van der Waals surface area contributed by atoms with Crippen molar-refractivity contribution < 1.29 is 19.1 Å². The van der Waals surface area contributed by atoms with E-state index in [-0.39, 0.29) is 12.3 Å². The Bertz CT molecular complexity index is 721. The van der Waals surface area contributed by atoms with Crippen LogP contribution in [0.3, 0.4) is 0 Å². The highest BCUT2D eigenvalue weighted by Gasteiger charge is 2.02. The fourth-order valence-corrected chi connectivity index (χ4v) is 1.58. The van der Waals surface area contributed by atoms with Crippen LogP contribution >= 0.6 is 0 Å². The number of furan rings is 1. The molecule has 0 saturated heterocycles. The number of rotatable bonds is 6. The fourth-order valence-electron chi connectivity index (χ4n) is 1.58. The minimum atomic E-state index is -0.489. The van der Waals surface area contributed by atoms with Crippen LogP contribution in [-0.4, -0.2) is 29.7 Å². The number of phenolic OH excluding ortho intramolecular Hbond substituents is 1. The SMILES string of the molecule is O=C(/C=C/c1ccco1)NCC(=O)N/N=C/c1ccccc1O. The standard InChI is InChI=1S/C16H15N3O4/c20-14-6-2-1-4-12(14)10-18-19-16(22)11-17-15(21)8-7-13-5-3-9-23-13/h1-10,20H,11H2,(H,17,21)(H,19,22)/b8-7+,18-10+. The Labute approximate surface area is 132 Å². The van der Waals surface area contributed by atoms with E-state index in [4.69, 9.17) is 4.42 Å². The van der Waals surface area contributed by atoms with Gasteiger partial charge in [0.05, 0.1) is 19.0 Å². The maximum atomic E-state index is 11.5. The molecule has 118 valence electrons. The summed E-state index contributed by atoms with van der Waals surface area (Å²) in [7, 11) is 0. The Morgan fingerprint density at radius 3 is 2.78 bits per heavy atom. The lowest BCUT2D eigenvalue weighted by atomic mass is 10.2. The monoisotopic (exact) mass is 313 g/mol. The second kappa shape index (κ2) is 8.18. The second-order valence-electron chi connectivity index (χ2n) is 4.42. The summed E-state index contributed by atoms with van der Waals surface area (Å²) in [6, 6.07) is 9.96. The number of phenols is 1. The lowest BCUT2D eigenvalue weighted by Crippen LogP contribution is -2.34. The predicted molar refractivity (Wildman–Crippen MR) is 84.6 cm³/mol. The van der Waals surface area contributed by atoms with Gasteiger partial charge in [-0.05, 0) is 30.3 Å². The minimum absolute atomic E-state index is 0.0573. The largest absolute Gasteiger partial charge is 0.507 e. The molecular formula is C16H15N3O4. The van der Waals surface area contributed by atoms with E-state index in [0.29, 0.717) is 11.3 Å². The van der Waals surface area contributed by atoms with Crippen LogP contribution in [0.25, 0.3) is 6.08 Å². The average Bonchev–Trinajstić information content (AvgIpc) is 3.06. The number of nitrogens with one attached hydrogen (secondary N) is 2. The zero-order chi connectivity index (χ0) is 16.5. The molecule has 0 radical (unpaired) electrons. The van der Waals surface area contributed by atoms with Crippen molar-refractivity contribution in [2.24, 2.45) is 5.10 Å². The van der Waals surface area contributed by atoms with Crippen LogP contribution in [0.15, 0.2) is 58.3 Å². The Balaban J connectivity index is 1.73. The predicted octanol–water partition coefficient (Wildman–Crippen LogP) is 1.26. The molecule has 0 unspecified atom stereocenters. The highest BCUT2D eigenvalue weighted by Crippen LogP contribution is 2.12. The molecule has 0 fully saturated rings. The molecule has 1 heterocycles. The molecule has 7 heteroatoms. The van der Waals surface area contributed by atoms with Gasteiger partial charge in [-0.2, -0.15) is 5.10 Å². The topological polar surface area (TPSA) is 104 Å². The summed E-state index contributed by atoms with van der Waals surface area (Å²) >= 11 is 0. The Morgan fingerprint density at radius 1 is 1.22 bits per heavy atom. The molecule has 0 aliphatic heterocycles. The molecule has 2 aromatic rings. The van der Waals surface area contributed by atoms with Gasteiger partial charge in [0.15, 0.2) is 0 Å². The Hall–Kier alpha value is -3.35. The molecule has 7 nitrogen and oxygen atoms in total. The van der Waals surface area contributed by atoms with E-state index >= 15 is 0 Å². The molecule has 3 N–H and O–H groups in total. The van der Waals surface area contributed by atoms with Gasteiger partial charge in [-0.3, -0.25) is 9.59 Å². The van der Waals surface area contributed by atoms with Crippen LogP contribution < -0.4 is 10.7 Å². The summed E-state index contributed by atoms with van der Waals surface area (Å²) < 4.78 is 5.03. The molecule has 1 aromatic carbocycles.